The number of hydrogen-bond donors (Lipinski definition) is 1. The molecule has 0 amide bonds. The van der Waals surface area contributed by atoms with E-state index in [0.717, 1.165) is 40.3 Å². The Labute approximate surface area is 168 Å². The Balaban J connectivity index is 1.45. The standard InChI is InChI=1S/C24H22N2O3/c27-24(18-8-9-19-21(15-18)26-20-7-4-12-25-22(19)20)29-23(16-5-2-1-3-6-16)17-10-13-28-14-11-17/h1-9,12,15,17,23,26H,10-11,13-14H2/t23-/m1/s1. The van der Waals surface area contributed by atoms with Gasteiger partial charge in [0.05, 0.1) is 16.6 Å². The van der Waals surface area contributed by atoms with E-state index in [9.17, 15) is 4.79 Å². The smallest absolute Gasteiger partial charge is 0.338 e. The van der Waals surface area contributed by atoms with E-state index >= 15 is 0 Å². The van der Waals surface area contributed by atoms with Gasteiger partial charge in [-0.2, -0.15) is 0 Å². The summed E-state index contributed by atoms with van der Waals surface area (Å²) in [5, 5.41) is 1.00. The molecule has 4 aromatic rings. The van der Waals surface area contributed by atoms with Crippen molar-refractivity contribution in [2.45, 2.75) is 18.9 Å². The van der Waals surface area contributed by atoms with Crippen LogP contribution in [0.1, 0.15) is 34.9 Å². The number of H-pyrrole nitrogens is 1. The zero-order chi connectivity index (χ0) is 19.6. The van der Waals surface area contributed by atoms with Gasteiger partial charge in [-0.05, 0) is 48.7 Å². The van der Waals surface area contributed by atoms with Crippen LogP contribution in [0.25, 0.3) is 21.9 Å². The molecule has 1 aliphatic rings. The predicted molar refractivity (Wildman–Crippen MR) is 112 cm³/mol. The number of carbonyl (C=O) groups excluding carboxylic acids is 1. The van der Waals surface area contributed by atoms with Crippen molar-refractivity contribution in [2.75, 3.05) is 13.2 Å². The molecular weight excluding hydrogens is 364 g/mol. The van der Waals surface area contributed by atoms with Crippen molar-refractivity contribution in [1.82, 2.24) is 9.97 Å². The van der Waals surface area contributed by atoms with Crippen molar-refractivity contribution in [3.05, 3.63) is 78.0 Å². The maximum absolute atomic E-state index is 13.0. The second kappa shape index (κ2) is 7.68. The minimum atomic E-state index is -0.307. The molecule has 0 radical (unpaired) electrons. The number of ether oxygens (including phenoxy) is 2. The summed E-state index contributed by atoms with van der Waals surface area (Å²) in [7, 11) is 0. The van der Waals surface area contributed by atoms with E-state index in [4.69, 9.17) is 9.47 Å². The molecule has 146 valence electrons. The number of benzene rings is 2. The van der Waals surface area contributed by atoms with Gasteiger partial charge in [0.1, 0.15) is 6.10 Å². The molecule has 1 aliphatic heterocycles. The van der Waals surface area contributed by atoms with Crippen LogP contribution in [0.15, 0.2) is 66.9 Å². The van der Waals surface area contributed by atoms with Crippen LogP contribution < -0.4 is 0 Å². The van der Waals surface area contributed by atoms with Gasteiger partial charge in [-0.1, -0.05) is 30.3 Å². The van der Waals surface area contributed by atoms with Gasteiger partial charge in [-0.15, -0.1) is 0 Å². The SMILES string of the molecule is O=C(O[C@H](c1ccccc1)C1CCOCC1)c1ccc2c(c1)[nH]c1cccnc12. The molecule has 5 rings (SSSR count). The van der Waals surface area contributed by atoms with Gasteiger partial charge in [0, 0.05) is 36.2 Å². The summed E-state index contributed by atoms with van der Waals surface area (Å²) in [5.41, 5.74) is 4.32. The highest BCUT2D eigenvalue weighted by Gasteiger charge is 2.29. The first-order valence-electron chi connectivity index (χ1n) is 10.00. The van der Waals surface area contributed by atoms with Gasteiger partial charge < -0.3 is 14.5 Å². The predicted octanol–water partition coefficient (Wildman–Crippen LogP) is 5.04. The molecule has 5 nitrogen and oxygen atoms in total. The van der Waals surface area contributed by atoms with Crippen LogP contribution in [0, 0.1) is 5.92 Å². The molecule has 0 aliphatic carbocycles. The largest absolute Gasteiger partial charge is 0.454 e. The Hall–Kier alpha value is -3.18. The fraction of sp³-hybridized carbons (Fsp3) is 0.250. The third-order valence-electron chi connectivity index (χ3n) is 5.64. The van der Waals surface area contributed by atoms with Crippen LogP contribution in [-0.2, 0) is 9.47 Å². The number of esters is 1. The maximum atomic E-state index is 13.0. The van der Waals surface area contributed by atoms with E-state index in [0.29, 0.717) is 18.8 Å². The molecule has 0 spiro atoms. The van der Waals surface area contributed by atoms with E-state index in [1.807, 2.05) is 60.7 Å². The van der Waals surface area contributed by atoms with Crippen molar-refractivity contribution in [3.8, 4) is 0 Å². The summed E-state index contributed by atoms with van der Waals surface area (Å²) in [6.07, 6.45) is 3.28. The van der Waals surface area contributed by atoms with Crippen LogP contribution in [0.2, 0.25) is 0 Å². The van der Waals surface area contributed by atoms with Crippen molar-refractivity contribution < 1.29 is 14.3 Å². The molecule has 1 N–H and O–H groups in total. The zero-order valence-electron chi connectivity index (χ0n) is 16.0. The maximum Gasteiger partial charge on any atom is 0.338 e. The monoisotopic (exact) mass is 386 g/mol. The molecule has 3 heterocycles. The Morgan fingerprint density at radius 2 is 1.86 bits per heavy atom. The summed E-state index contributed by atoms with van der Waals surface area (Å²) in [4.78, 5) is 20.8. The van der Waals surface area contributed by atoms with Gasteiger partial charge >= 0.3 is 5.97 Å². The highest BCUT2D eigenvalue weighted by molar-refractivity contribution is 6.06. The topological polar surface area (TPSA) is 64.2 Å². The molecule has 29 heavy (non-hydrogen) atoms. The minimum Gasteiger partial charge on any atom is -0.454 e. The third-order valence-corrected chi connectivity index (χ3v) is 5.64. The van der Waals surface area contributed by atoms with Crippen LogP contribution >= 0.6 is 0 Å². The fourth-order valence-corrected chi connectivity index (χ4v) is 4.13. The highest BCUT2D eigenvalue weighted by Crippen LogP contribution is 2.34. The van der Waals surface area contributed by atoms with E-state index in [-0.39, 0.29) is 18.0 Å². The first kappa shape index (κ1) is 17.9. The van der Waals surface area contributed by atoms with Crippen molar-refractivity contribution in [2.24, 2.45) is 5.92 Å². The summed E-state index contributed by atoms with van der Waals surface area (Å²) >= 11 is 0. The number of carbonyl (C=O) groups is 1. The number of nitrogens with one attached hydrogen (secondary N) is 1. The average molecular weight is 386 g/mol. The van der Waals surface area contributed by atoms with Gasteiger partial charge in [0.2, 0.25) is 0 Å². The quantitative estimate of drug-likeness (QED) is 0.499. The minimum absolute atomic E-state index is 0.260. The number of fused-ring (bicyclic) bond motifs is 3. The van der Waals surface area contributed by atoms with Crippen LogP contribution in [0.5, 0.6) is 0 Å². The number of rotatable bonds is 4. The second-order valence-corrected chi connectivity index (χ2v) is 7.47. The van der Waals surface area contributed by atoms with E-state index < -0.39 is 0 Å². The molecule has 0 unspecified atom stereocenters. The lowest BCUT2D eigenvalue weighted by Gasteiger charge is -2.30. The molecule has 0 saturated carbocycles. The first-order valence-corrected chi connectivity index (χ1v) is 10.00. The second-order valence-electron chi connectivity index (χ2n) is 7.47. The van der Waals surface area contributed by atoms with E-state index in [1.165, 1.54) is 0 Å². The summed E-state index contributed by atoms with van der Waals surface area (Å²) in [6.45, 7) is 1.42. The molecular formula is C24H22N2O3. The van der Waals surface area contributed by atoms with Crippen LogP contribution in [0.4, 0.5) is 0 Å². The molecule has 1 atom stereocenters. The Morgan fingerprint density at radius 3 is 2.69 bits per heavy atom. The Morgan fingerprint density at radius 1 is 1.03 bits per heavy atom. The van der Waals surface area contributed by atoms with Crippen LogP contribution in [0.3, 0.4) is 0 Å². The zero-order valence-corrected chi connectivity index (χ0v) is 16.0. The number of aromatic nitrogens is 2. The lowest BCUT2D eigenvalue weighted by molar-refractivity contribution is -0.0194. The molecule has 0 bridgehead atoms. The summed E-state index contributed by atoms with van der Waals surface area (Å²) in [5.74, 6) is -0.0463. The van der Waals surface area contributed by atoms with Crippen molar-refractivity contribution >= 4 is 27.9 Å². The van der Waals surface area contributed by atoms with Gasteiger partial charge in [-0.3, -0.25) is 4.98 Å². The van der Waals surface area contributed by atoms with Gasteiger partial charge in [0.25, 0.3) is 0 Å². The molecule has 2 aromatic carbocycles. The molecule has 1 saturated heterocycles. The normalized spacial score (nSPS) is 16.1. The van der Waals surface area contributed by atoms with E-state index in [2.05, 4.69) is 9.97 Å². The number of nitrogens with zero attached hydrogens (tertiary/aromatic N) is 1. The number of hydrogen-bond acceptors (Lipinski definition) is 4. The van der Waals surface area contributed by atoms with Gasteiger partial charge in [0.15, 0.2) is 0 Å². The first-order chi connectivity index (χ1) is 14.3. The highest BCUT2D eigenvalue weighted by atomic mass is 16.5. The average Bonchev–Trinajstić information content (AvgIpc) is 3.16. The van der Waals surface area contributed by atoms with E-state index in [1.54, 1.807) is 6.20 Å². The molecule has 2 aromatic heterocycles. The van der Waals surface area contributed by atoms with Crippen LogP contribution in [-0.4, -0.2) is 29.2 Å². The molecule has 5 heteroatoms. The lowest BCUT2D eigenvalue weighted by atomic mass is 9.89. The Kier molecular flexibility index (Phi) is 4.74. The number of pyridine rings is 1. The third kappa shape index (κ3) is 3.49. The summed E-state index contributed by atoms with van der Waals surface area (Å²) < 4.78 is 11.6. The molecule has 1 fully saturated rings. The fourth-order valence-electron chi connectivity index (χ4n) is 4.13. The number of aromatic amines is 1. The van der Waals surface area contributed by atoms with Gasteiger partial charge in [-0.25, -0.2) is 4.79 Å². The van der Waals surface area contributed by atoms with Crippen molar-refractivity contribution in [3.63, 3.8) is 0 Å². The lowest BCUT2D eigenvalue weighted by Crippen LogP contribution is -2.26. The van der Waals surface area contributed by atoms with Crippen molar-refractivity contribution in [1.29, 1.82) is 0 Å². The Bertz CT molecular complexity index is 1150. The summed E-state index contributed by atoms with van der Waals surface area (Å²) in [6, 6.07) is 19.5.